The summed E-state index contributed by atoms with van der Waals surface area (Å²) in [4.78, 5) is 11.2. The third-order valence-corrected chi connectivity index (χ3v) is 2.93. The summed E-state index contributed by atoms with van der Waals surface area (Å²) in [7, 11) is 0. The monoisotopic (exact) mass is 164 g/mol. The molecule has 1 nitrogen and oxygen atoms in total. The molecule has 0 aliphatic heterocycles. The normalized spacial score (nSPS) is 30.8. The molecule has 1 aliphatic carbocycles. The first-order valence-electron chi connectivity index (χ1n) is 4.42. The maximum Gasteiger partial charge on any atom is 0.178 e. The van der Waals surface area contributed by atoms with Crippen molar-refractivity contribution in [1.82, 2.24) is 0 Å². The number of rotatable bonds is 0. The van der Waals surface area contributed by atoms with Gasteiger partial charge in [-0.25, -0.2) is 0 Å². The van der Waals surface area contributed by atoms with E-state index in [1.807, 2.05) is 13.8 Å². The van der Waals surface area contributed by atoms with Crippen molar-refractivity contribution in [1.29, 1.82) is 0 Å². The molecule has 0 aromatic carbocycles. The molecular weight excluding hydrogens is 148 g/mol. The fraction of sp³-hybridized carbons (Fsp3) is 0.545. The number of carbonyl (C=O) groups excluding carboxylic acids is 1. The van der Waals surface area contributed by atoms with Crippen LogP contribution in [0.2, 0.25) is 0 Å². The molecule has 1 heteroatoms. The molecule has 2 atom stereocenters. The summed E-state index contributed by atoms with van der Waals surface area (Å²) in [6, 6.07) is 0. The number of ketones is 1. The van der Waals surface area contributed by atoms with E-state index in [4.69, 9.17) is 0 Å². The molecule has 0 bridgehead atoms. The quantitative estimate of drug-likeness (QED) is 0.538. The van der Waals surface area contributed by atoms with Crippen LogP contribution in [0.4, 0.5) is 0 Å². The third kappa shape index (κ3) is 1.66. The van der Waals surface area contributed by atoms with Crippen molar-refractivity contribution >= 4 is 5.78 Å². The molecule has 0 fully saturated rings. The van der Waals surface area contributed by atoms with Gasteiger partial charge in [0.2, 0.25) is 0 Å². The first-order valence-corrected chi connectivity index (χ1v) is 4.42. The number of carbonyl (C=O) groups is 1. The molecule has 0 aromatic rings. The lowest BCUT2D eigenvalue weighted by molar-refractivity contribution is -0.110. The van der Waals surface area contributed by atoms with Gasteiger partial charge in [0.25, 0.3) is 0 Å². The zero-order chi connectivity index (χ0) is 9.30. The Kier molecular flexibility index (Phi) is 2.51. The molecule has 0 amide bonds. The smallest absolute Gasteiger partial charge is 0.178 e. The van der Waals surface area contributed by atoms with Gasteiger partial charge in [-0.15, -0.1) is 0 Å². The van der Waals surface area contributed by atoms with Crippen LogP contribution in [-0.2, 0) is 4.79 Å². The maximum atomic E-state index is 11.2. The Hall–Kier alpha value is -0.850. The summed E-state index contributed by atoms with van der Waals surface area (Å²) in [6.07, 6.45) is 3.50. The van der Waals surface area contributed by atoms with Gasteiger partial charge in [0.05, 0.1) is 0 Å². The summed E-state index contributed by atoms with van der Waals surface area (Å²) < 4.78 is 0. The SMILES string of the molecule is CC1=CC(=O)C=C(C)C(C)C1C. The van der Waals surface area contributed by atoms with Gasteiger partial charge in [-0.05, 0) is 37.8 Å². The summed E-state index contributed by atoms with van der Waals surface area (Å²) in [5.74, 6) is 1.13. The lowest BCUT2D eigenvalue weighted by atomic mass is 9.86. The second-order valence-electron chi connectivity index (χ2n) is 3.76. The standard InChI is InChI=1S/C11H16O/c1-7-5-11(12)6-8(2)10(4)9(7)3/h5-6,9-10H,1-4H3. The lowest BCUT2D eigenvalue weighted by Gasteiger charge is -2.19. The van der Waals surface area contributed by atoms with Crippen molar-refractivity contribution in [2.24, 2.45) is 11.8 Å². The van der Waals surface area contributed by atoms with Gasteiger partial charge in [0.1, 0.15) is 0 Å². The van der Waals surface area contributed by atoms with Crippen LogP contribution < -0.4 is 0 Å². The highest BCUT2D eigenvalue weighted by molar-refractivity contribution is 6.00. The lowest BCUT2D eigenvalue weighted by Crippen LogP contribution is -2.08. The molecule has 0 heterocycles. The molecule has 0 saturated carbocycles. The Morgan fingerprint density at radius 3 is 1.67 bits per heavy atom. The van der Waals surface area contributed by atoms with Crippen LogP contribution in [0.15, 0.2) is 23.3 Å². The maximum absolute atomic E-state index is 11.2. The van der Waals surface area contributed by atoms with Crippen molar-refractivity contribution in [2.45, 2.75) is 27.7 Å². The Morgan fingerprint density at radius 1 is 1.00 bits per heavy atom. The fourth-order valence-electron chi connectivity index (χ4n) is 1.54. The van der Waals surface area contributed by atoms with Crippen LogP contribution in [0.3, 0.4) is 0 Å². The molecule has 0 saturated heterocycles. The predicted octanol–water partition coefficient (Wildman–Crippen LogP) is 2.73. The molecule has 12 heavy (non-hydrogen) atoms. The average molecular weight is 164 g/mol. The Labute approximate surface area is 74.2 Å². The molecule has 2 unspecified atom stereocenters. The highest BCUT2D eigenvalue weighted by Gasteiger charge is 2.19. The van der Waals surface area contributed by atoms with E-state index in [-0.39, 0.29) is 5.78 Å². The van der Waals surface area contributed by atoms with E-state index in [1.54, 1.807) is 12.2 Å². The summed E-state index contributed by atoms with van der Waals surface area (Å²) in [5, 5.41) is 0. The molecule has 0 N–H and O–H groups in total. The molecular formula is C11H16O. The van der Waals surface area contributed by atoms with E-state index in [2.05, 4.69) is 13.8 Å². The predicted molar refractivity (Wildman–Crippen MR) is 50.8 cm³/mol. The van der Waals surface area contributed by atoms with Crippen molar-refractivity contribution in [3.8, 4) is 0 Å². The molecule has 1 rings (SSSR count). The van der Waals surface area contributed by atoms with Crippen LogP contribution >= 0.6 is 0 Å². The molecule has 66 valence electrons. The van der Waals surface area contributed by atoms with Gasteiger partial charge in [-0.3, -0.25) is 4.79 Å². The average Bonchev–Trinajstić information content (AvgIpc) is 2.05. The topological polar surface area (TPSA) is 17.1 Å². The highest BCUT2D eigenvalue weighted by Crippen LogP contribution is 2.28. The second-order valence-corrected chi connectivity index (χ2v) is 3.76. The van der Waals surface area contributed by atoms with Gasteiger partial charge >= 0.3 is 0 Å². The number of hydrogen-bond acceptors (Lipinski definition) is 1. The minimum absolute atomic E-state index is 0.140. The zero-order valence-corrected chi connectivity index (χ0v) is 8.22. The van der Waals surface area contributed by atoms with E-state index in [1.165, 1.54) is 11.1 Å². The molecule has 0 spiro atoms. The zero-order valence-electron chi connectivity index (χ0n) is 8.22. The van der Waals surface area contributed by atoms with Crippen molar-refractivity contribution < 1.29 is 4.79 Å². The summed E-state index contributed by atoms with van der Waals surface area (Å²) >= 11 is 0. The largest absolute Gasteiger partial charge is 0.290 e. The second kappa shape index (κ2) is 3.26. The fourth-order valence-corrected chi connectivity index (χ4v) is 1.54. The number of allylic oxidation sites excluding steroid dienone is 4. The van der Waals surface area contributed by atoms with E-state index >= 15 is 0 Å². The van der Waals surface area contributed by atoms with Gasteiger partial charge in [0, 0.05) is 0 Å². The van der Waals surface area contributed by atoms with E-state index in [9.17, 15) is 4.79 Å². The van der Waals surface area contributed by atoms with Gasteiger partial charge in [0.15, 0.2) is 5.78 Å². The molecule has 0 aromatic heterocycles. The van der Waals surface area contributed by atoms with Crippen LogP contribution in [-0.4, -0.2) is 5.78 Å². The Morgan fingerprint density at radius 2 is 1.33 bits per heavy atom. The third-order valence-electron chi connectivity index (χ3n) is 2.93. The van der Waals surface area contributed by atoms with Crippen molar-refractivity contribution in [2.75, 3.05) is 0 Å². The van der Waals surface area contributed by atoms with Gasteiger partial charge < -0.3 is 0 Å². The van der Waals surface area contributed by atoms with Crippen LogP contribution in [0.25, 0.3) is 0 Å². The number of hydrogen-bond donors (Lipinski definition) is 0. The highest BCUT2D eigenvalue weighted by atomic mass is 16.1. The van der Waals surface area contributed by atoms with E-state index < -0.39 is 0 Å². The van der Waals surface area contributed by atoms with Crippen LogP contribution in [0, 0.1) is 11.8 Å². The van der Waals surface area contributed by atoms with Crippen molar-refractivity contribution in [3.63, 3.8) is 0 Å². The molecule has 0 radical (unpaired) electrons. The van der Waals surface area contributed by atoms with Gasteiger partial charge in [-0.2, -0.15) is 0 Å². The Bertz CT molecular complexity index is 232. The molecule has 1 aliphatic rings. The minimum atomic E-state index is 0.140. The van der Waals surface area contributed by atoms with E-state index in [0.717, 1.165) is 0 Å². The van der Waals surface area contributed by atoms with Crippen LogP contribution in [0.5, 0.6) is 0 Å². The minimum Gasteiger partial charge on any atom is -0.290 e. The first kappa shape index (κ1) is 9.24. The van der Waals surface area contributed by atoms with Crippen molar-refractivity contribution in [3.05, 3.63) is 23.3 Å². The summed E-state index contributed by atoms with van der Waals surface area (Å²) in [5.41, 5.74) is 2.39. The van der Waals surface area contributed by atoms with Crippen LogP contribution in [0.1, 0.15) is 27.7 Å². The Balaban J connectivity index is 3.04. The first-order chi connectivity index (χ1) is 5.52. The summed E-state index contributed by atoms with van der Waals surface area (Å²) in [6.45, 7) is 8.41. The van der Waals surface area contributed by atoms with E-state index in [0.29, 0.717) is 11.8 Å². The van der Waals surface area contributed by atoms with Gasteiger partial charge in [-0.1, -0.05) is 25.0 Å².